The first-order valence-corrected chi connectivity index (χ1v) is 7.51. The molecular weight excluding hydrogens is 260 g/mol. The minimum Gasteiger partial charge on any atom is -0.349 e. The van der Waals surface area contributed by atoms with Gasteiger partial charge in [0.1, 0.15) is 0 Å². The van der Waals surface area contributed by atoms with Crippen molar-refractivity contribution in [1.29, 1.82) is 0 Å². The molecule has 0 aromatic carbocycles. The van der Waals surface area contributed by atoms with E-state index in [1.807, 2.05) is 0 Å². The Morgan fingerprint density at radius 3 is 2.11 bits per heavy atom. The van der Waals surface area contributed by atoms with E-state index in [0.717, 1.165) is 12.8 Å². The van der Waals surface area contributed by atoms with Gasteiger partial charge >= 0.3 is 0 Å². The summed E-state index contributed by atoms with van der Waals surface area (Å²) in [4.78, 5) is 12.4. The Morgan fingerprint density at radius 1 is 1.21 bits per heavy atom. The van der Waals surface area contributed by atoms with E-state index in [0.29, 0.717) is 12.5 Å². The standard InChI is InChI=1S/C15H30N2O.ClH/c1-12(2)15(3,11-16)17-14(18)13-9-7-5-4-6-8-10-13;/h12-13H,4-11,16H2,1-3H3,(H,17,18);1H. The summed E-state index contributed by atoms with van der Waals surface area (Å²) in [5, 5.41) is 3.20. The summed E-state index contributed by atoms with van der Waals surface area (Å²) in [6, 6.07) is 0. The molecule has 0 radical (unpaired) electrons. The summed E-state index contributed by atoms with van der Waals surface area (Å²) in [7, 11) is 0. The zero-order valence-corrected chi connectivity index (χ0v) is 13.5. The van der Waals surface area contributed by atoms with Crippen molar-refractivity contribution in [2.45, 2.75) is 71.3 Å². The van der Waals surface area contributed by atoms with Gasteiger partial charge in [-0.2, -0.15) is 0 Å². The molecule has 1 fully saturated rings. The SMILES string of the molecule is CC(C)C(C)(CN)NC(=O)C1CCCCCCC1.Cl. The van der Waals surface area contributed by atoms with Crippen molar-refractivity contribution < 1.29 is 4.79 Å². The van der Waals surface area contributed by atoms with Crippen LogP contribution >= 0.6 is 12.4 Å². The van der Waals surface area contributed by atoms with E-state index < -0.39 is 0 Å². The van der Waals surface area contributed by atoms with Crippen LogP contribution in [-0.2, 0) is 4.79 Å². The summed E-state index contributed by atoms with van der Waals surface area (Å²) in [5.74, 6) is 0.786. The maximum absolute atomic E-state index is 12.4. The van der Waals surface area contributed by atoms with Crippen LogP contribution < -0.4 is 11.1 Å². The van der Waals surface area contributed by atoms with Gasteiger partial charge in [0, 0.05) is 12.5 Å². The van der Waals surface area contributed by atoms with Gasteiger partial charge in [-0.3, -0.25) is 4.79 Å². The second-order valence-corrected chi connectivity index (χ2v) is 6.31. The second-order valence-electron chi connectivity index (χ2n) is 6.31. The Morgan fingerprint density at radius 2 is 1.68 bits per heavy atom. The zero-order chi connectivity index (χ0) is 13.6. The maximum atomic E-state index is 12.4. The average molecular weight is 291 g/mol. The van der Waals surface area contributed by atoms with Gasteiger partial charge in [-0.25, -0.2) is 0 Å². The first-order chi connectivity index (χ1) is 8.49. The molecule has 19 heavy (non-hydrogen) atoms. The van der Waals surface area contributed by atoms with Crippen molar-refractivity contribution in [1.82, 2.24) is 5.32 Å². The molecule has 1 atom stereocenters. The molecule has 114 valence electrons. The van der Waals surface area contributed by atoms with E-state index in [2.05, 4.69) is 26.1 Å². The lowest BCUT2D eigenvalue weighted by atomic mass is 9.85. The molecule has 1 unspecified atom stereocenters. The zero-order valence-electron chi connectivity index (χ0n) is 12.7. The maximum Gasteiger partial charge on any atom is 0.223 e. The van der Waals surface area contributed by atoms with Crippen molar-refractivity contribution in [2.24, 2.45) is 17.6 Å². The van der Waals surface area contributed by atoms with Crippen LogP contribution in [0.15, 0.2) is 0 Å². The fourth-order valence-corrected chi connectivity index (χ4v) is 2.53. The first-order valence-electron chi connectivity index (χ1n) is 7.51. The molecule has 3 N–H and O–H groups in total. The molecule has 1 aliphatic carbocycles. The number of halogens is 1. The fraction of sp³-hybridized carbons (Fsp3) is 0.933. The molecular formula is C15H31ClN2O. The van der Waals surface area contributed by atoms with Crippen molar-refractivity contribution >= 4 is 18.3 Å². The van der Waals surface area contributed by atoms with Crippen LogP contribution in [0.4, 0.5) is 0 Å². The van der Waals surface area contributed by atoms with Gasteiger partial charge in [-0.15, -0.1) is 12.4 Å². The second kappa shape index (κ2) is 8.80. The van der Waals surface area contributed by atoms with Crippen LogP contribution in [0.2, 0.25) is 0 Å². The average Bonchev–Trinajstić information content (AvgIpc) is 2.27. The Bertz CT molecular complexity index is 263. The smallest absolute Gasteiger partial charge is 0.223 e. The Hall–Kier alpha value is -0.280. The van der Waals surface area contributed by atoms with Crippen LogP contribution in [0.3, 0.4) is 0 Å². The summed E-state index contributed by atoms with van der Waals surface area (Å²) in [6.45, 7) is 6.79. The molecule has 0 saturated heterocycles. The lowest BCUT2D eigenvalue weighted by Crippen LogP contribution is -2.56. The number of hydrogen-bond acceptors (Lipinski definition) is 2. The summed E-state index contributed by atoms with van der Waals surface area (Å²) >= 11 is 0. The molecule has 1 amide bonds. The molecule has 0 aromatic heterocycles. The van der Waals surface area contributed by atoms with Gasteiger partial charge < -0.3 is 11.1 Å². The Balaban J connectivity index is 0.00000324. The number of carbonyl (C=O) groups excluding carboxylic acids is 1. The molecule has 0 aliphatic heterocycles. The van der Waals surface area contributed by atoms with E-state index >= 15 is 0 Å². The lowest BCUT2D eigenvalue weighted by molar-refractivity contribution is -0.127. The van der Waals surface area contributed by atoms with Gasteiger partial charge in [0.05, 0.1) is 5.54 Å². The molecule has 4 heteroatoms. The third-order valence-electron chi connectivity index (χ3n) is 4.58. The predicted molar refractivity (Wildman–Crippen MR) is 83.5 cm³/mol. The minimum atomic E-state index is -0.264. The summed E-state index contributed by atoms with van der Waals surface area (Å²) in [5.41, 5.74) is 5.56. The van der Waals surface area contributed by atoms with E-state index in [1.165, 1.54) is 32.1 Å². The van der Waals surface area contributed by atoms with Crippen molar-refractivity contribution in [3.05, 3.63) is 0 Å². The van der Waals surface area contributed by atoms with Crippen molar-refractivity contribution in [3.63, 3.8) is 0 Å². The van der Waals surface area contributed by atoms with E-state index in [4.69, 9.17) is 5.73 Å². The number of nitrogens with two attached hydrogens (primary N) is 1. The minimum absolute atomic E-state index is 0. The number of nitrogens with one attached hydrogen (secondary N) is 1. The van der Waals surface area contributed by atoms with Gasteiger partial charge in [-0.1, -0.05) is 46.0 Å². The normalized spacial score (nSPS) is 20.9. The highest BCUT2D eigenvalue weighted by Crippen LogP contribution is 2.24. The largest absolute Gasteiger partial charge is 0.349 e. The number of carbonyl (C=O) groups is 1. The number of amides is 1. The molecule has 1 saturated carbocycles. The van der Waals surface area contributed by atoms with Gasteiger partial charge in [0.15, 0.2) is 0 Å². The van der Waals surface area contributed by atoms with E-state index in [1.54, 1.807) is 0 Å². The van der Waals surface area contributed by atoms with Crippen molar-refractivity contribution in [3.8, 4) is 0 Å². The lowest BCUT2D eigenvalue weighted by Gasteiger charge is -2.35. The van der Waals surface area contributed by atoms with Gasteiger partial charge in [-0.05, 0) is 25.7 Å². The molecule has 1 rings (SSSR count). The third kappa shape index (κ3) is 5.70. The van der Waals surface area contributed by atoms with Gasteiger partial charge in [0.25, 0.3) is 0 Å². The first kappa shape index (κ1) is 18.7. The van der Waals surface area contributed by atoms with E-state index in [-0.39, 0.29) is 29.8 Å². The quantitative estimate of drug-likeness (QED) is 0.835. The molecule has 0 heterocycles. The molecule has 0 aromatic rings. The van der Waals surface area contributed by atoms with Crippen LogP contribution in [0.5, 0.6) is 0 Å². The summed E-state index contributed by atoms with van der Waals surface area (Å²) in [6.07, 6.45) is 8.37. The molecule has 3 nitrogen and oxygen atoms in total. The highest BCUT2D eigenvalue weighted by atomic mass is 35.5. The summed E-state index contributed by atoms with van der Waals surface area (Å²) < 4.78 is 0. The van der Waals surface area contributed by atoms with Crippen LogP contribution in [0, 0.1) is 11.8 Å². The highest BCUT2D eigenvalue weighted by Gasteiger charge is 2.31. The number of hydrogen-bond donors (Lipinski definition) is 2. The Kier molecular flexibility index (Phi) is 8.67. The van der Waals surface area contributed by atoms with Crippen LogP contribution in [-0.4, -0.2) is 18.0 Å². The highest BCUT2D eigenvalue weighted by molar-refractivity contribution is 5.85. The van der Waals surface area contributed by atoms with Gasteiger partial charge in [0.2, 0.25) is 5.91 Å². The van der Waals surface area contributed by atoms with Crippen LogP contribution in [0.25, 0.3) is 0 Å². The molecule has 0 bridgehead atoms. The number of rotatable bonds is 4. The fourth-order valence-electron chi connectivity index (χ4n) is 2.53. The predicted octanol–water partition coefficient (Wildman–Crippen LogP) is 3.26. The van der Waals surface area contributed by atoms with E-state index in [9.17, 15) is 4.79 Å². The molecule has 1 aliphatic rings. The van der Waals surface area contributed by atoms with Crippen molar-refractivity contribution in [2.75, 3.05) is 6.54 Å². The van der Waals surface area contributed by atoms with Crippen LogP contribution in [0.1, 0.15) is 65.7 Å². The Labute approximate surface area is 124 Å². The topological polar surface area (TPSA) is 55.1 Å². The monoisotopic (exact) mass is 290 g/mol. The third-order valence-corrected chi connectivity index (χ3v) is 4.58. The molecule has 0 spiro atoms.